The van der Waals surface area contributed by atoms with Crippen LogP contribution in [0.5, 0.6) is 0 Å². The number of nitriles is 1. The summed E-state index contributed by atoms with van der Waals surface area (Å²) >= 11 is 0. The zero-order chi connectivity index (χ0) is 18.0. The summed E-state index contributed by atoms with van der Waals surface area (Å²) in [4.78, 5) is 11.9. The van der Waals surface area contributed by atoms with Crippen LogP contribution in [0.1, 0.15) is 49.5 Å². The first-order valence-corrected chi connectivity index (χ1v) is 8.50. The highest BCUT2D eigenvalue weighted by molar-refractivity contribution is 5.98. The van der Waals surface area contributed by atoms with Gasteiger partial charge in [0.25, 0.3) is 5.91 Å². The molecule has 6 heteroatoms. The van der Waals surface area contributed by atoms with E-state index in [4.69, 9.17) is 5.73 Å². The number of para-hydroxylation sites is 1. The number of benzene rings is 1. The van der Waals surface area contributed by atoms with Crippen molar-refractivity contribution in [3.05, 3.63) is 42.1 Å². The van der Waals surface area contributed by atoms with Crippen LogP contribution in [0.4, 0.5) is 11.5 Å². The van der Waals surface area contributed by atoms with Crippen LogP contribution in [0.3, 0.4) is 0 Å². The Morgan fingerprint density at radius 2 is 2.12 bits per heavy atom. The fourth-order valence-corrected chi connectivity index (χ4v) is 3.47. The summed E-state index contributed by atoms with van der Waals surface area (Å²) in [6, 6.07) is 11.9. The van der Waals surface area contributed by atoms with Crippen LogP contribution in [-0.4, -0.2) is 15.7 Å². The van der Waals surface area contributed by atoms with Gasteiger partial charge in [-0.05, 0) is 36.8 Å². The molecular formula is C19H23N5O. The highest BCUT2D eigenvalue weighted by atomic mass is 16.1. The first kappa shape index (κ1) is 17.0. The number of amides is 1. The predicted octanol–water partition coefficient (Wildman–Crippen LogP) is 3.62. The SMILES string of the molecule is CC1(C)CC[C@@H](C#N)[C@@H](n2cc(C(N)=O)c(Nc3ccccc3)n2)C1. The van der Waals surface area contributed by atoms with E-state index in [1.165, 1.54) is 0 Å². The Hall–Kier alpha value is -2.81. The van der Waals surface area contributed by atoms with E-state index < -0.39 is 5.91 Å². The Labute approximate surface area is 147 Å². The Morgan fingerprint density at radius 3 is 2.76 bits per heavy atom. The average molecular weight is 337 g/mol. The van der Waals surface area contributed by atoms with Crippen LogP contribution in [0.2, 0.25) is 0 Å². The Balaban J connectivity index is 1.95. The largest absolute Gasteiger partial charge is 0.365 e. The van der Waals surface area contributed by atoms with E-state index in [0.29, 0.717) is 11.4 Å². The number of hydrogen-bond acceptors (Lipinski definition) is 4. The van der Waals surface area contributed by atoms with Crippen molar-refractivity contribution in [1.29, 1.82) is 5.26 Å². The molecule has 1 aromatic carbocycles. The van der Waals surface area contributed by atoms with E-state index in [0.717, 1.165) is 24.9 Å². The number of nitrogens with two attached hydrogens (primary N) is 1. The lowest BCUT2D eigenvalue weighted by atomic mass is 9.71. The molecule has 1 saturated carbocycles. The molecule has 0 saturated heterocycles. The summed E-state index contributed by atoms with van der Waals surface area (Å²) in [6.45, 7) is 4.41. The van der Waals surface area contributed by atoms with E-state index in [2.05, 4.69) is 30.3 Å². The van der Waals surface area contributed by atoms with Crippen LogP contribution >= 0.6 is 0 Å². The van der Waals surface area contributed by atoms with Gasteiger partial charge in [-0.3, -0.25) is 9.48 Å². The first-order chi connectivity index (χ1) is 11.9. The summed E-state index contributed by atoms with van der Waals surface area (Å²) < 4.78 is 1.75. The number of anilines is 2. The maximum Gasteiger partial charge on any atom is 0.254 e. The van der Waals surface area contributed by atoms with Gasteiger partial charge in [-0.1, -0.05) is 32.0 Å². The lowest BCUT2D eigenvalue weighted by molar-refractivity contribution is 0.100. The second kappa shape index (κ2) is 6.60. The van der Waals surface area contributed by atoms with Gasteiger partial charge in [-0.25, -0.2) is 0 Å². The lowest BCUT2D eigenvalue weighted by Crippen LogP contribution is -2.31. The molecule has 1 fully saturated rings. The van der Waals surface area contributed by atoms with E-state index >= 15 is 0 Å². The molecule has 2 aromatic rings. The maximum absolute atomic E-state index is 11.9. The van der Waals surface area contributed by atoms with Crippen molar-refractivity contribution < 1.29 is 4.79 Å². The number of carbonyl (C=O) groups is 1. The molecule has 0 unspecified atom stereocenters. The van der Waals surface area contributed by atoms with Gasteiger partial charge in [-0.15, -0.1) is 0 Å². The molecule has 3 rings (SSSR count). The van der Waals surface area contributed by atoms with Crippen LogP contribution in [0.15, 0.2) is 36.5 Å². The van der Waals surface area contributed by atoms with Crippen LogP contribution in [0, 0.1) is 22.7 Å². The molecule has 0 bridgehead atoms. The number of primary amides is 1. The Kier molecular flexibility index (Phi) is 4.49. The zero-order valence-electron chi connectivity index (χ0n) is 14.6. The molecule has 1 amide bonds. The molecule has 25 heavy (non-hydrogen) atoms. The number of hydrogen-bond donors (Lipinski definition) is 2. The third-order valence-electron chi connectivity index (χ3n) is 4.90. The molecule has 130 valence electrons. The molecule has 1 heterocycles. The second-order valence-electron chi connectivity index (χ2n) is 7.44. The second-order valence-corrected chi connectivity index (χ2v) is 7.44. The maximum atomic E-state index is 11.9. The fourth-order valence-electron chi connectivity index (χ4n) is 3.47. The molecule has 0 spiro atoms. The van der Waals surface area contributed by atoms with Crippen molar-refractivity contribution in [2.75, 3.05) is 5.32 Å². The third-order valence-corrected chi connectivity index (χ3v) is 4.90. The summed E-state index contributed by atoms with van der Waals surface area (Å²) in [7, 11) is 0. The molecule has 2 atom stereocenters. The van der Waals surface area contributed by atoms with Crippen molar-refractivity contribution in [3.63, 3.8) is 0 Å². The minimum Gasteiger partial charge on any atom is -0.365 e. The van der Waals surface area contributed by atoms with Crippen LogP contribution < -0.4 is 11.1 Å². The van der Waals surface area contributed by atoms with Gasteiger partial charge in [0.05, 0.1) is 18.0 Å². The zero-order valence-corrected chi connectivity index (χ0v) is 14.6. The third kappa shape index (κ3) is 3.66. The number of carbonyl (C=O) groups excluding carboxylic acids is 1. The van der Waals surface area contributed by atoms with Gasteiger partial charge < -0.3 is 11.1 Å². The average Bonchev–Trinajstić information content (AvgIpc) is 2.99. The molecule has 1 aliphatic carbocycles. The highest BCUT2D eigenvalue weighted by Crippen LogP contribution is 2.44. The number of nitrogens with zero attached hydrogens (tertiary/aromatic N) is 3. The Bertz CT molecular complexity index is 803. The van der Waals surface area contributed by atoms with Crippen molar-refractivity contribution >= 4 is 17.4 Å². The smallest absolute Gasteiger partial charge is 0.254 e. The van der Waals surface area contributed by atoms with E-state index in [9.17, 15) is 10.1 Å². The lowest BCUT2D eigenvalue weighted by Gasteiger charge is -2.38. The van der Waals surface area contributed by atoms with Gasteiger partial charge in [0, 0.05) is 11.9 Å². The minimum atomic E-state index is -0.534. The molecule has 0 aliphatic heterocycles. The normalized spacial score (nSPS) is 22.1. The summed E-state index contributed by atoms with van der Waals surface area (Å²) in [6.07, 6.45) is 4.36. The van der Waals surface area contributed by atoms with E-state index in [1.807, 2.05) is 30.3 Å². The number of aromatic nitrogens is 2. The van der Waals surface area contributed by atoms with E-state index in [1.54, 1.807) is 10.9 Å². The monoisotopic (exact) mass is 337 g/mol. The first-order valence-electron chi connectivity index (χ1n) is 8.50. The minimum absolute atomic E-state index is 0.0572. The van der Waals surface area contributed by atoms with Crippen LogP contribution in [0.25, 0.3) is 0 Å². The molecule has 1 aliphatic rings. The summed E-state index contributed by atoms with van der Waals surface area (Å²) in [5.74, 6) is -0.217. The standard InChI is InChI=1S/C19H23N5O/c1-19(2)9-8-13(11-20)16(10-19)24-12-15(17(21)25)18(23-24)22-14-6-4-3-5-7-14/h3-7,12-13,16H,8-10H2,1-2H3,(H2,21,25)(H,22,23)/t13-,16-/m0/s1. The van der Waals surface area contributed by atoms with Gasteiger partial charge in [0.15, 0.2) is 5.82 Å². The van der Waals surface area contributed by atoms with Crippen molar-refractivity contribution in [3.8, 4) is 6.07 Å². The molecule has 0 radical (unpaired) electrons. The topological polar surface area (TPSA) is 96.7 Å². The highest BCUT2D eigenvalue weighted by Gasteiger charge is 2.37. The van der Waals surface area contributed by atoms with Gasteiger partial charge in [0.2, 0.25) is 0 Å². The van der Waals surface area contributed by atoms with Crippen LogP contribution in [-0.2, 0) is 0 Å². The van der Waals surface area contributed by atoms with Crippen molar-refractivity contribution in [1.82, 2.24) is 9.78 Å². The molecule has 3 N–H and O–H groups in total. The van der Waals surface area contributed by atoms with Crippen molar-refractivity contribution in [2.45, 2.75) is 39.2 Å². The number of nitrogens with one attached hydrogen (secondary N) is 1. The quantitative estimate of drug-likeness (QED) is 0.890. The van der Waals surface area contributed by atoms with Gasteiger partial charge in [-0.2, -0.15) is 10.4 Å². The predicted molar refractivity (Wildman–Crippen MR) is 96.2 cm³/mol. The van der Waals surface area contributed by atoms with Gasteiger partial charge >= 0.3 is 0 Å². The van der Waals surface area contributed by atoms with Crippen molar-refractivity contribution in [2.24, 2.45) is 17.1 Å². The number of rotatable bonds is 4. The van der Waals surface area contributed by atoms with E-state index in [-0.39, 0.29) is 17.4 Å². The molecule has 1 aromatic heterocycles. The summed E-state index contributed by atoms with van der Waals surface area (Å²) in [5, 5.41) is 17.2. The fraction of sp³-hybridized carbons (Fsp3) is 0.421. The molecule has 6 nitrogen and oxygen atoms in total. The Morgan fingerprint density at radius 1 is 1.40 bits per heavy atom. The molecular weight excluding hydrogens is 314 g/mol. The summed E-state index contributed by atoms with van der Waals surface area (Å²) in [5.41, 5.74) is 6.84. The van der Waals surface area contributed by atoms with Gasteiger partial charge in [0.1, 0.15) is 5.56 Å².